The molecule has 1 saturated heterocycles. The van der Waals surface area contributed by atoms with E-state index in [1.807, 2.05) is 42.2 Å². The van der Waals surface area contributed by atoms with Crippen molar-refractivity contribution in [3.05, 3.63) is 70.3 Å². The summed E-state index contributed by atoms with van der Waals surface area (Å²) in [6.07, 6.45) is 10.4. The summed E-state index contributed by atoms with van der Waals surface area (Å²) in [5.74, 6) is 0.105. The number of hydrogen-bond acceptors (Lipinski definition) is 7. The highest BCUT2D eigenvalue weighted by Gasteiger charge is 2.49. The quantitative estimate of drug-likeness (QED) is 0.385. The van der Waals surface area contributed by atoms with Crippen LogP contribution in [0.15, 0.2) is 48.6 Å². The molecule has 0 spiro atoms. The molecule has 48 heavy (non-hydrogen) atoms. The van der Waals surface area contributed by atoms with Crippen LogP contribution in [0.2, 0.25) is 5.02 Å². The van der Waals surface area contributed by atoms with Gasteiger partial charge in [-0.3, -0.25) is 9.59 Å². The smallest absolute Gasteiger partial charge is 0.264 e. The molecule has 1 aliphatic carbocycles. The maximum Gasteiger partial charge on any atom is 0.264 e. The van der Waals surface area contributed by atoms with Crippen LogP contribution in [0.25, 0.3) is 0 Å². The molecule has 1 saturated carbocycles. The van der Waals surface area contributed by atoms with Crippen molar-refractivity contribution in [3.63, 3.8) is 0 Å². The number of benzene rings is 2. The summed E-state index contributed by atoms with van der Waals surface area (Å²) in [5.41, 5.74) is 2.43. The topological polar surface area (TPSA) is 105 Å². The molecule has 2 fully saturated rings. The number of anilines is 1. The minimum absolute atomic E-state index is 0.0915. The van der Waals surface area contributed by atoms with Gasteiger partial charge in [0.2, 0.25) is 15.9 Å². The Morgan fingerprint density at radius 1 is 1.06 bits per heavy atom. The lowest BCUT2D eigenvalue weighted by Crippen LogP contribution is -2.54. The Bertz CT molecular complexity index is 1660. The van der Waals surface area contributed by atoms with Gasteiger partial charge in [-0.2, -0.15) is 0 Å². The lowest BCUT2D eigenvalue weighted by molar-refractivity contribution is -0.146. The van der Waals surface area contributed by atoms with Crippen molar-refractivity contribution in [2.24, 2.45) is 17.8 Å². The van der Waals surface area contributed by atoms with Crippen molar-refractivity contribution < 1.29 is 27.5 Å². The summed E-state index contributed by atoms with van der Waals surface area (Å²) in [4.78, 5) is 31.2. The van der Waals surface area contributed by atoms with Crippen molar-refractivity contribution in [1.82, 2.24) is 9.62 Å². The van der Waals surface area contributed by atoms with E-state index >= 15 is 0 Å². The van der Waals surface area contributed by atoms with Gasteiger partial charge in [0.05, 0.1) is 23.0 Å². The van der Waals surface area contributed by atoms with Crippen LogP contribution >= 0.6 is 11.6 Å². The maximum atomic E-state index is 13.5. The zero-order valence-electron chi connectivity index (χ0n) is 28.3. The predicted octanol–water partition coefficient (Wildman–Crippen LogP) is 6.14. The molecule has 0 radical (unpaired) electrons. The van der Waals surface area contributed by atoms with Crippen molar-refractivity contribution in [2.75, 3.05) is 38.2 Å². The molecule has 5 atom stereocenters. The molecule has 4 aliphatic rings. The third-order valence-corrected chi connectivity index (χ3v) is 13.3. The molecular weight excluding hydrogens is 650 g/mol. The van der Waals surface area contributed by atoms with E-state index in [1.165, 1.54) is 0 Å². The fourth-order valence-corrected chi connectivity index (χ4v) is 9.05. The number of methoxy groups -OCH3 is 1. The highest BCUT2D eigenvalue weighted by Crippen LogP contribution is 2.48. The van der Waals surface area contributed by atoms with Gasteiger partial charge in [-0.05, 0) is 111 Å². The Hall–Kier alpha value is -3.08. The number of carbonyl (C=O) groups excluding carboxylic acids is 2. The molecule has 11 heteroatoms. The largest absolute Gasteiger partial charge is 0.487 e. The number of amides is 2. The molecule has 3 heterocycles. The standard InChI is InChI=1S/C37H48ClN3O6S/c1-25-8-6-16-37(46-3,22-35(42)40-18-7-19-40)32-14-11-29(32)23-41-17-5-4-9-27-20-31(38)13-10-30(27)24-47-34-15-12-28(21-33(34)41)36(43)39-48(44,45)26(25)2/h6,10,12-13,15-16,20-21,25-26,29,32H,4-5,7-9,11,14,17-19,22-24H2,1-3H3,(H,39,43)/b16-6+/t25-,26+,29-,32+,37+/m0/s1. The molecule has 3 aliphatic heterocycles. The van der Waals surface area contributed by atoms with Crippen molar-refractivity contribution in [2.45, 2.75) is 82.7 Å². The Kier molecular flexibility index (Phi) is 10.4. The molecule has 9 nitrogen and oxygen atoms in total. The molecule has 2 bridgehead atoms. The molecule has 0 aromatic heterocycles. The monoisotopic (exact) mass is 697 g/mol. The van der Waals surface area contributed by atoms with Gasteiger partial charge in [-0.1, -0.05) is 36.7 Å². The highest BCUT2D eigenvalue weighted by molar-refractivity contribution is 7.90. The highest BCUT2D eigenvalue weighted by atomic mass is 35.5. The Balaban J connectivity index is 1.41. The summed E-state index contributed by atoms with van der Waals surface area (Å²) in [5, 5.41) is -0.132. The first kappa shape index (κ1) is 34.8. The molecule has 260 valence electrons. The van der Waals surface area contributed by atoms with Gasteiger partial charge in [0, 0.05) is 43.9 Å². The molecule has 2 aromatic carbocycles. The SMILES string of the molecule is CO[C@@]1(CC(=O)N2CCC2)/C=C/C[C@H](C)[C@@H](C)S(=O)(=O)NC(=O)c2ccc3c(c2)N(CCCCc2cc(Cl)ccc2CO3)C[C@@H]2CC[C@H]21. The van der Waals surface area contributed by atoms with E-state index in [4.69, 9.17) is 21.1 Å². The summed E-state index contributed by atoms with van der Waals surface area (Å²) < 4.78 is 42.1. The van der Waals surface area contributed by atoms with Crippen molar-refractivity contribution in [1.29, 1.82) is 0 Å². The van der Waals surface area contributed by atoms with Crippen LogP contribution in [-0.2, 0) is 32.6 Å². The van der Waals surface area contributed by atoms with E-state index < -0.39 is 26.8 Å². The number of nitrogens with zero attached hydrogens (tertiary/aromatic N) is 2. The normalized spacial score (nSPS) is 29.8. The number of nitrogens with one attached hydrogen (secondary N) is 1. The number of aryl methyl sites for hydroxylation is 1. The Morgan fingerprint density at radius 3 is 2.58 bits per heavy atom. The van der Waals surface area contributed by atoms with E-state index in [1.54, 1.807) is 32.2 Å². The lowest BCUT2D eigenvalue weighted by atomic mass is 9.63. The van der Waals surface area contributed by atoms with E-state index in [2.05, 4.69) is 9.62 Å². The van der Waals surface area contributed by atoms with Crippen molar-refractivity contribution in [3.8, 4) is 5.75 Å². The zero-order chi connectivity index (χ0) is 34.1. The lowest BCUT2D eigenvalue weighted by Gasteiger charge is -2.50. The third-order valence-electron chi connectivity index (χ3n) is 11.2. The molecule has 1 N–H and O–H groups in total. The average molecular weight is 698 g/mol. The average Bonchev–Trinajstić information content (AvgIpc) is 3.04. The summed E-state index contributed by atoms with van der Waals surface area (Å²) in [6, 6.07) is 11.1. The van der Waals surface area contributed by atoms with E-state index in [0.29, 0.717) is 30.3 Å². The van der Waals surface area contributed by atoms with Crippen LogP contribution in [0, 0.1) is 17.8 Å². The number of halogens is 1. The van der Waals surface area contributed by atoms with E-state index in [9.17, 15) is 18.0 Å². The fourth-order valence-electron chi connectivity index (χ4n) is 7.57. The number of ether oxygens (including phenoxy) is 2. The first-order valence-corrected chi connectivity index (χ1v) is 19.3. The molecule has 0 unspecified atom stereocenters. The molecule has 2 aromatic rings. The van der Waals surface area contributed by atoms with Gasteiger partial charge < -0.3 is 19.3 Å². The van der Waals surface area contributed by atoms with Gasteiger partial charge in [-0.25, -0.2) is 13.1 Å². The summed E-state index contributed by atoms with van der Waals surface area (Å²) in [6.45, 7) is 6.80. The number of carbonyl (C=O) groups is 2. The second kappa shape index (κ2) is 14.4. The van der Waals surface area contributed by atoms with Crippen LogP contribution in [0.3, 0.4) is 0 Å². The number of likely N-dealkylation sites (tertiary alicyclic amines) is 1. The predicted molar refractivity (Wildman–Crippen MR) is 188 cm³/mol. The first-order chi connectivity index (χ1) is 23.0. The number of fused-ring (bicyclic) bond motifs is 3. The number of allylic oxidation sites excluding steroid dienone is 1. The maximum absolute atomic E-state index is 13.5. The number of sulfonamides is 1. The van der Waals surface area contributed by atoms with Crippen LogP contribution in [0.5, 0.6) is 5.75 Å². The molecular formula is C37H48ClN3O6S. The first-order valence-electron chi connectivity index (χ1n) is 17.4. The number of hydrogen-bond donors (Lipinski definition) is 1. The van der Waals surface area contributed by atoms with Gasteiger partial charge >= 0.3 is 0 Å². The fraction of sp³-hybridized carbons (Fsp3) is 0.568. The summed E-state index contributed by atoms with van der Waals surface area (Å²) >= 11 is 6.36. The summed E-state index contributed by atoms with van der Waals surface area (Å²) in [7, 11) is -2.29. The van der Waals surface area contributed by atoms with Crippen LogP contribution in [-0.4, -0.2) is 69.3 Å². The van der Waals surface area contributed by atoms with Gasteiger partial charge in [0.1, 0.15) is 12.4 Å². The van der Waals surface area contributed by atoms with Crippen molar-refractivity contribution >= 4 is 39.1 Å². The van der Waals surface area contributed by atoms with Gasteiger partial charge in [0.15, 0.2) is 0 Å². The second-order valence-electron chi connectivity index (χ2n) is 14.1. The van der Waals surface area contributed by atoms with Crippen LogP contribution in [0.4, 0.5) is 5.69 Å². The van der Waals surface area contributed by atoms with Gasteiger partial charge in [-0.15, -0.1) is 0 Å². The molecule has 6 rings (SSSR count). The Morgan fingerprint density at radius 2 is 1.88 bits per heavy atom. The van der Waals surface area contributed by atoms with E-state index in [-0.39, 0.29) is 35.6 Å². The third kappa shape index (κ3) is 7.26. The number of rotatable bonds is 3. The minimum Gasteiger partial charge on any atom is -0.487 e. The zero-order valence-corrected chi connectivity index (χ0v) is 29.8. The van der Waals surface area contributed by atoms with E-state index in [0.717, 1.165) is 75.0 Å². The van der Waals surface area contributed by atoms with Crippen LogP contribution in [0.1, 0.15) is 80.3 Å². The minimum atomic E-state index is -3.99. The second-order valence-corrected chi connectivity index (χ2v) is 16.6. The Labute approximate surface area is 290 Å². The van der Waals surface area contributed by atoms with Gasteiger partial charge in [0.25, 0.3) is 5.91 Å². The van der Waals surface area contributed by atoms with Crippen LogP contribution < -0.4 is 14.4 Å². The molecule has 2 amide bonds.